The summed E-state index contributed by atoms with van der Waals surface area (Å²) in [5, 5.41) is 0. The van der Waals surface area contributed by atoms with E-state index >= 15 is 0 Å². The molecular formula is C11H15NO2. The zero-order valence-electron chi connectivity index (χ0n) is 8.27. The van der Waals surface area contributed by atoms with Crippen LogP contribution in [-0.4, -0.2) is 7.11 Å². The fourth-order valence-electron chi connectivity index (χ4n) is 1.26. The Kier molecular flexibility index (Phi) is 4.16. The van der Waals surface area contributed by atoms with Gasteiger partial charge in [0.1, 0.15) is 11.9 Å². The fourth-order valence-corrected chi connectivity index (χ4v) is 1.26. The van der Waals surface area contributed by atoms with Crippen molar-refractivity contribution in [2.45, 2.75) is 12.5 Å². The van der Waals surface area contributed by atoms with Gasteiger partial charge in [0, 0.05) is 0 Å². The molecule has 0 spiro atoms. The van der Waals surface area contributed by atoms with Gasteiger partial charge in [0.15, 0.2) is 0 Å². The average molecular weight is 193 g/mol. The molecule has 0 unspecified atom stereocenters. The topological polar surface area (TPSA) is 44.5 Å². The molecule has 0 aliphatic carbocycles. The Hall–Kier alpha value is -1.32. The summed E-state index contributed by atoms with van der Waals surface area (Å²) < 4.78 is 5.11. The predicted molar refractivity (Wildman–Crippen MR) is 55.8 cm³/mol. The number of rotatable bonds is 5. The predicted octanol–water partition coefficient (Wildman–Crippen LogP) is 2.20. The van der Waals surface area contributed by atoms with Gasteiger partial charge in [-0.05, 0) is 24.1 Å². The van der Waals surface area contributed by atoms with Gasteiger partial charge in [0.05, 0.1) is 7.11 Å². The lowest BCUT2D eigenvalue weighted by Gasteiger charge is -2.13. The van der Waals surface area contributed by atoms with E-state index in [9.17, 15) is 0 Å². The van der Waals surface area contributed by atoms with Crippen LogP contribution in [0.2, 0.25) is 0 Å². The third-order valence-electron chi connectivity index (χ3n) is 2.01. The molecule has 1 aromatic carbocycles. The number of ether oxygens (including phenoxy) is 1. The van der Waals surface area contributed by atoms with Crippen LogP contribution in [0.25, 0.3) is 0 Å². The molecule has 3 nitrogen and oxygen atoms in total. The minimum Gasteiger partial charge on any atom is -0.497 e. The van der Waals surface area contributed by atoms with E-state index in [1.807, 2.05) is 24.3 Å². The van der Waals surface area contributed by atoms with Gasteiger partial charge >= 0.3 is 0 Å². The Morgan fingerprint density at radius 2 is 2.36 bits per heavy atom. The number of methoxy groups -OCH3 is 1. The highest BCUT2D eigenvalue weighted by Gasteiger charge is 2.09. The largest absolute Gasteiger partial charge is 0.497 e. The molecule has 0 saturated carbocycles. The van der Waals surface area contributed by atoms with E-state index in [-0.39, 0.29) is 6.10 Å². The third-order valence-corrected chi connectivity index (χ3v) is 2.01. The molecule has 0 heterocycles. The highest BCUT2D eigenvalue weighted by atomic mass is 16.6. The Bertz CT molecular complexity index is 299. The maximum Gasteiger partial charge on any atom is 0.119 e. The van der Waals surface area contributed by atoms with E-state index in [0.717, 1.165) is 11.3 Å². The van der Waals surface area contributed by atoms with Crippen molar-refractivity contribution in [1.29, 1.82) is 0 Å². The second-order valence-electron chi connectivity index (χ2n) is 2.93. The van der Waals surface area contributed by atoms with E-state index in [1.165, 1.54) is 0 Å². The second kappa shape index (κ2) is 5.42. The molecule has 1 aromatic rings. The highest BCUT2D eigenvalue weighted by molar-refractivity contribution is 5.30. The molecule has 0 saturated heterocycles. The van der Waals surface area contributed by atoms with Gasteiger partial charge in [0.25, 0.3) is 0 Å². The van der Waals surface area contributed by atoms with Crippen molar-refractivity contribution in [2.75, 3.05) is 7.11 Å². The van der Waals surface area contributed by atoms with Gasteiger partial charge in [0.2, 0.25) is 0 Å². The molecule has 0 bridgehead atoms. The minimum absolute atomic E-state index is 0.150. The van der Waals surface area contributed by atoms with Crippen LogP contribution in [0.15, 0.2) is 36.9 Å². The van der Waals surface area contributed by atoms with Gasteiger partial charge in [-0.1, -0.05) is 18.2 Å². The Labute approximate surface area is 84.1 Å². The van der Waals surface area contributed by atoms with Crippen LogP contribution in [0.5, 0.6) is 5.75 Å². The van der Waals surface area contributed by atoms with E-state index < -0.39 is 0 Å². The molecule has 76 valence electrons. The standard InChI is InChI=1S/C11H15NO2/c1-3-5-11(14-12)9-6-4-7-10(8-9)13-2/h3-4,6-8,11H,1,5,12H2,2H3/t11-/m1/s1. The Balaban J connectivity index is 2.85. The summed E-state index contributed by atoms with van der Waals surface area (Å²) in [6.07, 6.45) is 2.31. The third kappa shape index (κ3) is 2.58. The van der Waals surface area contributed by atoms with Crippen molar-refractivity contribution in [3.8, 4) is 5.75 Å². The monoisotopic (exact) mass is 193 g/mol. The summed E-state index contributed by atoms with van der Waals surface area (Å²) in [4.78, 5) is 4.85. The van der Waals surface area contributed by atoms with Crippen molar-refractivity contribution in [3.63, 3.8) is 0 Å². The summed E-state index contributed by atoms with van der Waals surface area (Å²) >= 11 is 0. The van der Waals surface area contributed by atoms with Gasteiger partial charge in [-0.3, -0.25) is 4.84 Å². The zero-order chi connectivity index (χ0) is 10.4. The average Bonchev–Trinajstić information content (AvgIpc) is 2.26. The lowest BCUT2D eigenvalue weighted by molar-refractivity contribution is 0.0548. The number of hydrogen-bond acceptors (Lipinski definition) is 3. The number of hydrogen-bond donors (Lipinski definition) is 1. The minimum atomic E-state index is -0.150. The first kappa shape index (κ1) is 10.8. The van der Waals surface area contributed by atoms with Crippen molar-refractivity contribution in [3.05, 3.63) is 42.5 Å². The van der Waals surface area contributed by atoms with Gasteiger partial charge < -0.3 is 4.74 Å². The molecule has 2 N–H and O–H groups in total. The van der Waals surface area contributed by atoms with Crippen LogP contribution in [0.4, 0.5) is 0 Å². The van der Waals surface area contributed by atoms with Gasteiger partial charge in [-0.25, -0.2) is 5.90 Å². The summed E-state index contributed by atoms with van der Waals surface area (Å²) in [7, 11) is 1.63. The SMILES string of the molecule is C=CC[C@@H](ON)c1cccc(OC)c1. The Morgan fingerprint density at radius 3 is 2.93 bits per heavy atom. The van der Waals surface area contributed by atoms with Crippen molar-refractivity contribution in [2.24, 2.45) is 5.90 Å². The van der Waals surface area contributed by atoms with Crippen LogP contribution >= 0.6 is 0 Å². The van der Waals surface area contributed by atoms with Crippen LogP contribution in [0, 0.1) is 0 Å². The fraction of sp³-hybridized carbons (Fsp3) is 0.273. The van der Waals surface area contributed by atoms with E-state index in [1.54, 1.807) is 13.2 Å². The maximum atomic E-state index is 5.19. The van der Waals surface area contributed by atoms with E-state index in [0.29, 0.717) is 6.42 Å². The normalized spacial score (nSPS) is 12.1. The molecule has 3 heteroatoms. The smallest absolute Gasteiger partial charge is 0.119 e. The van der Waals surface area contributed by atoms with Crippen LogP contribution < -0.4 is 10.6 Å². The van der Waals surface area contributed by atoms with Crippen LogP contribution in [0.1, 0.15) is 18.1 Å². The zero-order valence-corrected chi connectivity index (χ0v) is 8.27. The van der Waals surface area contributed by atoms with E-state index in [4.69, 9.17) is 15.5 Å². The first-order valence-electron chi connectivity index (χ1n) is 4.42. The first-order valence-corrected chi connectivity index (χ1v) is 4.42. The molecule has 14 heavy (non-hydrogen) atoms. The van der Waals surface area contributed by atoms with Crippen LogP contribution in [-0.2, 0) is 4.84 Å². The molecular weight excluding hydrogens is 178 g/mol. The molecule has 0 aromatic heterocycles. The molecule has 0 aliphatic rings. The quantitative estimate of drug-likeness (QED) is 0.576. The number of nitrogens with two attached hydrogens (primary N) is 1. The van der Waals surface area contributed by atoms with Crippen molar-refractivity contribution < 1.29 is 9.57 Å². The van der Waals surface area contributed by atoms with Crippen molar-refractivity contribution in [1.82, 2.24) is 0 Å². The Morgan fingerprint density at radius 1 is 1.57 bits per heavy atom. The molecule has 0 fully saturated rings. The second-order valence-corrected chi connectivity index (χ2v) is 2.93. The summed E-state index contributed by atoms with van der Waals surface area (Å²) in [5.41, 5.74) is 0.992. The molecule has 1 rings (SSSR count). The first-order chi connectivity index (χ1) is 6.81. The molecule has 0 amide bonds. The van der Waals surface area contributed by atoms with E-state index in [2.05, 4.69) is 6.58 Å². The summed E-state index contributed by atoms with van der Waals surface area (Å²) in [6.45, 7) is 3.65. The summed E-state index contributed by atoms with van der Waals surface area (Å²) in [5.74, 6) is 5.99. The maximum absolute atomic E-state index is 5.19. The summed E-state index contributed by atoms with van der Waals surface area (Å²) in [6, 6.07) is 7.64. The highest BCUT2D eigenvalue weighted by Crippen LogP contribution is 2.23. The van der Waals surface area contributed by atoms with Crippen LogP contribution in [0.3, 0.4) is 0 Å². The lowest BCUT2D eigenvalue weighted by atomic mass is 10.1. The lowest BCUT2D eigenvalue weighted by Crippen LogP contribution is -2.08. The number of benzene rings is 1. The van der Waals surface area contributed by atoms with Gasteiger partial charge in [-0.15, -0.1) is 6.58 Å². The molecule has 1 atom stereocenters. The molecule has 0 radical (unpaired) electrons. The molecule has 0 aliphatic heterocycles. The van der Waals surface area contributed by atoms with Gasteiger partial charge in [-0.2, -0.15) is 0 Å². The van der Waals surface area contributed by atoms with Crippen molar-refractivity contribution >= 4 is 0 Å².